The molecule has 1 saturated carbocycles. The Kier molecular flexibility index (Phi) is 8.86. The van der Waals surface area contributed by atoms with E-state index in [1.165, 1.54) is 19.1 Å². The van der Waals surface area contributed by atoms with Crippen LogP contribution < -0.4 is 10.6 Å². The molecule has 2 aliphatic rings. The highest BCUT2D eigenvalue weighted by molar-refractivity contribution is 5.98. The third kappa shape index (κ3) is 7.23. The Morgan fingerprint density at radius 2 is 1.47 bits per heavy atom. The molecule has 192 valence electrons. The van der Waals surface area contributed by atoms with E-state index in [9.17, 15) is 18.8 Å². The summed E-state index contributed by atoms with van der Waals surface area (Å²) in [6.07, 6.45) is 7.10. The number of likely N-dealkylation sites (tertiary alicyclic amines) is 1. The predicted octanol–water partition coefficient (Wildman–Crippen LogP) is 5.06. The summed E-state index contributed by atoms with van der Waals surface area (Å²) in [5.74, 6) is 0.336. The SMILES string of the molecule is CC(=O)Nc1ccc(C(=O)NC2CCC(CCN3CCC(C(=O)c4ccc(F)cc4)CC3)CC2)cc1. The van der Waals surface area contributed by atoms with Crippen LogP contribution in [0.4, 0.5) is 10.1 Å². The van der Waals surface area contributed by atoms with Gasteiger partial charge >= 0.3 is 0 Å². The fourth-order valence-electron chi connectivity index (χ4n) is 5.41. The van der Waals surface area contributed by atoms with Gasteiger partial charge in [0.15, 0.2) is 5.78 Å². The molecule has 1 aliphatic carbocycles. The average Bonchev–Trinajstić information content (AvgIpc) is 2.89. The van der Waals surface area contributed by atoms with Crippen LogP contribution in [0.25, 0.3) is 0 Å². The molecular formula is C29H36FN3O3. The number of piperidine rings is 1. The van der Waals surface area contributed by atoms with Crippen LogP contribution in [0.3, 0.4) is 0 Å². The number of halogens is 1. The van der Waals surface area contributed by atoms with Crippen LogP contribution in [0.2, 0.25) is 0 Å². The van der Waals surface area contributed by atoms with Gasteiger partial charge in [0.1, 0.15) is 5.82 Å². The first-order valence-corrected chi connectivity index (χ1v) is 13.1. The van der Waals surface area contributed by atoms with Gasteiger partial charge in [-0.05, 0) is 119 Å². The zero-order valence-corrected chi connectivity index (χ0v) is 21.0. The highest BCUT2D eigenvalue weighted by Crippen LogP contribution is 2.29. The van der Waals surface area contributed by atoms with Gasteiger partial charge < -0.3 is 15.5 Å². The van der Waals surface area contributed by atoms with E-state index in [2.05, 4.69) is 15.5 Å². The zero-order chi connectivity index (χ0) is 25.5. The zero-order valence-electron chi connectivity index (χ0n) is 21.0. The van der Waals surface area contributed by atoms with Crippen molar-refractivity contribution in [2.45, 2.75) is 57.9 Å². The number of rotatable bonds is 8. The van der Waals surface area contributed by atoms with Gasteiger partial charge in [-0.2, -0.15) is 0 Å². The second-order valence-electron chi connectivity index (χ2n) is 10.2. The lowest BCUT2D eigenvalue weighted by Gasteiger charge is -2.34. The summed E-state index contributed by atoms with van der Waals surface area (Å²) in [6.45, 7) is 4.38. The van der Waals surface area contributed by atoms with Gasteiger partial charge in [-0.1, -0.05) is 0 Å². The van der Waals surface area contributed by atoms with Gasteiger partial charge in [0.25, 0.3) is 5.91 Å². The average molecular weight is 494 g/mol. The van der Waals surface area contributed by atoms with Gasteiger partial charge in [-0.15, -0.1) is 0 Å². The molecule has 4 rings (SSSR count). The molecule has 0 unspecified atom stereocenters. The lowest BCUT2D eigenvalue weighted by atomic mass is 9.83. The van der Waals surface area contributed by atoms with Gasteiger partial charge in [0, 0.05) is 35.7 Å². The standard InChI is InChI=1S/C29H36FN3O3/c1-20(34)31-26-12-6-24(7-13-26)29(36)32-27-10-2-21(3-11-27)14-17-33-18-15-23(16-19-33)28(35)22-4-8-25(30)9-5-22/h4-9,12-13,21,23,27H,2-3,10-11,14-19H2,1H3,(H,31,34)(H,32,36). The minimum absolute atomic E-state index is 0.0346. The molecule has 0 atom stereocenters. The van der Waals surface area contributed by atoms with Gasteiger partial charge in [-0.25, -0.2) is 4.39 Å². The molecule has 6 nitrogen and oxygen atoms in total. The fourth-order valence-corrected chi connectivity index (χ4v) is 5.41. The van der Waals surface area contributed by atoms with Crippen molar-refractivity contribution >= 4 is 23.3 Å². The van der Waals surface area contributed by atoms with Crippen molar-refractivity contribution in [2.75, 3.05) is 25.0 Å². The number of carbonyl (C=O) groups is 3. The predicted molar refractivity (Wildman–Crippen MR) is 138 cm³/mol. The van der Waals surface area contributed by atoms with Crippen molar-refractivity contribution in [2.24, 2.45) is 11.8 Å². The van der Waals surface area contributed by atoms with Crippen LogP contribution in [0.15, 0.2) is 48.5 Å². The van der Waals surface area contributed by atoms with Gasteiger partial charge in [0.2, 0.25) is 5.91 Å². The van der Waals surface area contributed by atoms with Crippen LogP contribution in [-0.2, 0) is 4.79 Å². The Morgan fingerprint density at radius 1 is 0.861 bits per heavy atom. The first kappa shape index (κ1) is 26.0. The summed E-state index contributed by atoms with van der Waals surface area (Å²) in [5, 5.41) is 5.87. The Balaban J connectivity index is 1.13. The van der Waals surface area contributed by atoms with Crippen LogP contribution in [-0.4, -0.2) is 48.2 Å². The molecule has 2 amide bonds. The van der Waals surface area contributed by atoms with Crippen molar-refractivity contribution in [3.8, 4) is 0 Å². The highest BCUT2D eigenvalue weighted by atomic mass is 19.1. The smallest absolute Gasteiger partial charge is 0.251 e. The van der Waals surface area contributed by atoms with Crippen molar-refractivity contribution < 1.29 is 18.8 Å². The molecule has 2 aromatic carbocycles. The van der Waals surface area contributed by atoms with E-state index in [1.807, 2.05) is 0 Å². The number of nitrogens with one attached hydrogen (secondary N) is 2. The lowest BCUT2D eigenvalue weighted by Crippen LogP contribution is -2.39. The summed E-state index contributed by atoms with van der Waals surface area (Å²) < 4.78 is 13.1. The Bertz CT molecular complexity index is 1040. The molecule has 7 heteroatoms. The third-order valence-corrected chi connectivity index (χ3v) is 7.59. The maximum Gasteiger partial charge on any atom is 0.251 e. The Hall–Kier alpha value is -3.06. The van der Waals surface area contributed by atoms with Crippen molar-refractivity contribution in [3.63, 3.8) is 0 Å². The molecule has 2 aromatic rings. The van der Waals surface area contributed by atoms with Crippen LogP contribution in [0.1, 0.15) is 72.6 Å². The van der Waals surface area contributed by atoms with Crippen LogP contribution >= 0.6 is 0 Å². The summed E-state index contributed by atoms with van der Waals surface area (Å²) in [7, 11) is 0. The molecule has 1 saturated heterocycles. The number of anilines is 1. The largest absolute Gasteiger partial charge is 0.349 e. The molecule has 36 heavy (non-hydrogen) atoms. The number of amides is 2. The van der Waals surface area contributed by atoms with E-state index in [1.54, 1.807) is 36.4 Å². The number of Topliss-reactive ketones (excluding diaryl/α,β-unsaturated/α-hetero) is 1. The van der Waals surface area contributed by atoms with Crippen LogP contribution in [0, 0.1) is 17.7 Å². The molecule has 1 aliphatic heterocycles. The van der Waals surface area contributed by atoms with E-state index in [4.69, 9.17) is 0 Å². The summed E-state index contributed by atoms with van der Waals surface area (Å²) in [6, 6.07) is 13.1. The molecule has 0 aromatic heterocycles. The first-order chi connectivity index (χ1) is 17.4. The van der Waals surface area contributed by atoms with Crippen LogP contribution in [0.5, 0.6) is 0 Å². The molecule has 2 N–H and O–H groups in total. The fraction of sp³-hybridized carbons (Fsp3) is 0.483. The first-order valence-electron chi connectivity index (χ1n) is 13.1. The Labute approximate surface area is 212 Å². The lowest BCUT2D eigenvalue weighted by molar-refractivity contribution is -0.114. The van der Waals surface area contributed by atoms with Crippen molar-refractivity contribution in [3.05, 3.63) is 65.5 Å². The topological polar surface area (TPSA) is 78.5 Å². The molecule has 0 bridgehead atoms. The number of ketones is 1. The van der Waals surface area contributed by atoms with Crippen molar-refractivity contribution in [1.29, 1.82) is 0 Å². The second-order valence-corrected chi connectivity index (χ2v) is 10.2. The number of carbonyl (C=O) groups excluding carboxylic acids is 3. The highest BCUT2D eigenvalue weighted by Gasteiger charge is 2.27. The van der Waals surface area contributed by atoms with E-state index in [0.717, 1.165) is 64.6 Å². The summed E-state index contributed by atoms with van der Waals surface area (Å²) in [5.41, 5.74) is 1.90. The Morgan fingerprint density at radius 3 is 2.08 bits per heavy atom. The van der Waals surface area contributed by atoms with Gasteiger partial charge in [0.05, 0.1) is 0 Å². The monoisotopic (exact) mass is 493 g/mol. The summed E-state index contributed by atoms with van der Waals surface area (Å²) >= 11 is 0. The number of hydrogen-bond donors (Lipinski definition) is 2. The quantitative estimate of drug-likeness (QED) is 0.504. The van der Waals surface area contributed by atoms with E-state index >= 15 is 0 Å². The maximum atomic E-state index is 13.1. The van der Waals surface area contributed by atoms with Gasteiger partial charge in [-0.3, -0.25) is 14.4 Å². The van der Waals surface area contributed by atoms with E-state index in [0.29, 0.717) is 22.7 Å². The normalized spacial score (nSPS) is 21.1. The molecule has 0 radical (unpaired) electrons. The van der Waals surface area contributed by atoms with E-state index < -0.39 is 0 Å². The molecule has 2 fully saturated rings. The molecule has 1 heterocycles. The van der Waals surface area contributed by atoms with Crippen molar-refractivity contribution in [1.82, 2.24) is 10.2 Å². The third-order valence-electron chi connectivity index (χ3n) is 7.59. The minimum atomic E-state index is -0.313. The van der Waals surface area contributed by atoms with E-state index in [-0.39, 0.29) is 35.4 Å². The number of hydrogen-bond acceptors (Lipinski definition) is 4. The maximum absolute atomic E-state index is 13.1. The second kappa shape index (κ2) is 12.3. The molecular weight excluding hydrogens is 457 g/mol. The molecule has 0 spiro atoms. The minimum Gasteiger partial charge on any atom is -0.349 e. The number of nitrogens with zero attached hydrogens (tertiary/aromatic N) is 1. The number of benzene rings is 2. The summed E-state index contributed by atoms with van der Waals surface area (Å²) in [4.78, 5) is 38.9.